The molecule has 0 saturated carbocycles. The van der Waals surface area contributed by atoms with E-state index in [4.69, 9.17) is 4.42 Å². The van der Waals surface area contributed by atoms with Crippen molar-refractivity contribution < 1.29 is 9.52 Å². The van der Waals surface area contributed by atoms with Crippen LogP contribution < -0.4 is 0 Å². The van der Waals surface area contributed by atoms with E-state index in [9.17, 15) is 5.11 Å². The van der Waals surface area contributed by atoms with Crippen LogP contribution in [0.25, 0.3) is 11.3 Å². The zero-order chi connectivity index (χ0) is 14.7. The van der Waals surface area contributed by atoms with Crippen LogP contribution in [0, 0.1) is 12.8 Å². The third kappa shape index (κ3) is 3.55. The maximum Gasteiger partial charge on any atom is 0.134 e. The highest BCUT2D eigenvalue weighted by atomic mass is 16.3. The van der Waals surface area contributed by atoms with Gasteiger partial charge in [-0.1, -0.05) is 29.8 Å². The molecule has 0 aliphatic carbocycles. The second-order valence-electron chi connectivity index (χ2n) is 6.06. The molecule has 0 amide bonds. The van der Waals surface area contributed by atoms with Crippen LogP contribution >= 0.6 is 0 Å². The van der Waals surface area contributed by atoms with Gasteiger partial charge in [-0.05, 0) is 44.4 Å². The molecule has 21 heavy (non-hydrogen) atoms. The fraction of sp³-hybridized carbons (Fsp3) is 0.444. The van der Waals surface area contributed by atoms with Gasteiger partial charge in [0.05, 0.1) is 6.54 Å². The Hall–Kier alpha value is -1.58. The van der Waals surface area contributed by atoms with Crippen molar-refractivity contribution in [2.75, 3.05) is 19.7 Å². The minimum absolute atomic E-state index is 0.295. The summed E-state index contributed by atoms with van der Waals surface area (Å²) in [4.78, 5) is 2.38. The first kappa shape index (κ1) is 14.4. The first-order valence-electron chi connectivity index (χ1n) is 7.73. The van der Waals surface area contributed by atoms with E-state index in [1.807, 2.05) is 6.07 Å². The molecule has 1 aromatic carbocycles. The minimum atomic E-state index is 0.295. The Kier molecular flexibility index (Phi) is 4.42. The molecule has 3 heteroatoms. The van der Waals surface area contributed by atoms with Crippen LogP contribution in [0.5, 0.6) is 0 Å². The number of nitrogens with zero attached hydrogens (tertiary/aromatic N) is 1. The van der Waals surface area contributed by atoms with Crippen LogP contribution in [0.4, 0.5) is 0 Å². The molecule has 1 aliphatic rings. The van der Waals surface area contributed by atoms with Gasteiger partial charge < -0.3 is 9.52 Å². The molecular formula is C18H23NO2. The van der Waals surface area contributed by atoms with Crippen LogP contribution in [0.3, 0.4) is 0 Å². The molecule has 0 spiro atoms. The number of aryl methyl sites for hydroxylation is 1. The molecule has 2 heterocycles. The summed E-state index contributed by atoms with van der Waals surface area (Å²) in [7, 11) is 0. The SMILES string of the molecule is Cc1ccc(-c2ccc(CN3CCCC(CO)C3)o2)cc1. The number of aliphatic hydroxyl groups excluding tert-OH is 1. The number of hydrogen-bond donors (Lipinski definition) is 1. The summed E-state index contributed by atoms with van der Waals surface area (Å²) in [6.45, 7) is 5.28. The Morgan fingerprint density at radius 2 is 2.00 bits per heavy atom. The average Bonchev–Trinajstić information content (AvgIpc) is 2.96. The van der Waals surface area contributed by atoms with Gasteiger partial charge in [-0.25, -0.2) is 0 Å². The molecule has 0 bridgehead atoms. The second kappa shape index (κ2) is 6.46. The summed E-state index contributed by atoms with van der Waals surface area (Å²) in [5.41, 5.74) is 2.38. The smallest absolute Gasteiger partial charge is 0.134 e. The molecule has 0 radical (unpaired) electrons. The van der Waals surface area contributed by atoms with Crippen molar-refractivity contribution in [1.29, 1.82) is 0 Å². The fourth-order valence-corrected chi connectivity index (χ4v) is 3.00. The number of hydrogen-bond acceptors (Lipinski definition) is 3. The summed E-state index contributed by atoms with van der Waals surface area (Å²) in [5.74, 6) is 2.36. The largest absolute Gasteiger partial charge is 0.460 e. The molecule has 112 valence electrons. The average molecular weight is 285 g/mol. The van der Waals surface area contributed by atoms with Gasteiger partial charge in [-0.15, -0.1) is 0 Å². The Balaban J connectivity index is 1.66. The quantitative estimate of drug-likeness (QED) is 0.934. The summed E-state index contributed by atoms with van der Waals surface area (Å²) < 4.78 is 5.98. The van der Waals surface area contributed by atoms with E-state index in [0.29, 0.717) is 12.5 Å². The van der Waals surface area contributed by atoms with Crippen molar-refractivity contribution in [3.05, 3.63) is 47.7 Å². The molecule has 1 aromatic heterocycles. The number of rotatable bonds is 4. The molecule has 1 N–H and O–H groups in total. The Bertz CT molecular complexity index is 573. The van der Waals surface area contributed by atoms with Gasteiger partial charge >= 0.3 is 0 Å². The van der Waals surface area contributed by atoms with Crippen molar-refractivity contribution in [3.8, 4) is 11.3 Å². The topological polar surface area (TPSA) is 36.6 Å². The molecule has 1 unspecified atom stereocenters. The fourth-order valence-electron chi connectivity index (χ4n) is 3.00. The van der Waals surface area contributed by atoms with Gasteiger partial charge in [0.1, 0.15) is 11.5 Å². The third-order valence-corrected chi connectivity index (χ3v) is 4.24. The predicted octanol–water partition coefficient (Wildman–Crippen LogP) is 3.46. The number of benzene rings is 1. The van der Waals surface area contributed by atoms with Crippen molar-refractivity contribution in [2.24, 2.45) is 5.92 Å². The maximum atomic E-state index is 9.30. The number of furan rings is 1. The van der Waals surface area contributed by atoms with E-state index in [0.717, 1.165) is 49.6 Å². The highest BCUT2D eigenvalue weighted by Gasteiger charge is 2.20. The van der Waals surface area contributed by atoms with E-state index >= 15 is 0 Å². The van der Waals surface area contributed by atoms with Crippen LogP contribution in [-0.4, -0.2) is 29.7 Å². The molecule has 1 saturated heterocycles. The van der Waals surface area contributed by atoms with Crippen molar-refractivity contribution in [2.45, 2.75) is 26.3 Å². The van der Waals surface area contributed by atoms with Gasteiger partial charge in [-0.3, -0.25) is 4.90 Å². The second-order valence-corrected chi connectivity index (χ2v) is 6.06. The van der Waals surface area contributed by atoms with Gasteiger partial charge in [0, 0.05) is 18.7 Å². The van der Waals surface area contributed by atoms with E-state index in [1.165, 1.54) is 5.56 Å². The summed E-state index contributed by atoms with van der Waals surface area (Å²) in [5, 5.41) is 9.30. The summed E-state index contributed by atoms with van der Waals surface area (Å²) in [6, 6.07) is 12.5. The molecule has 3 rings (SSSR count). The Labute approximate surface area is 126 Å². The Morgan fingerprint density at radius 1 is 1.19 bits per heavy atom. The highest BCUT2D eigenvalue weighted by molar-refractivity contribution is 5.57. The van der Waals surface area contributed by atoms with E-state index < -0.39 is 0 Å². The first-order valence-corrected chi connectivity index (χ1v) is 7.73. The van der Waals surface area contributed by atoms with Crippen LogP contribution in [0.15, 0.2) is 40.8 Å². The minimum Gasteiger partial charge on any atom is -0.460 e. The summed E-state index contributed by atoms with van der Waals surface area (Å²) >= 11 is 0. The first-order chi connectivity index (χ1) is 10.2. The lowest BCUT2D eigenvalue weighted by atomic mass is 9.99. The van der Waals surface area contributed by atoms with Crippen LogP contribution in [0.1, 0.15) is 24.2 Å². The monoisotopic (exact) mass is 285 g/mol. The number of likely N-dealkylation sites (tertiary alicyclic amines) is 1. The van der Waals surface area contributed by atoms with Crippen molar-refractivity contribution in [1.82, 2.24) is 4.90 Å². The van der Waals surface area contributed by atoms with Gasteiger partial charge in [0.15, 0.2) is 0 Å². The molecule has 1 fully saturated rings. The van der Waals surface area contributed by atoms with Crippen LogP contribution in [-0.2, 0) is 6.54 Å². The van der Waals surface area contributed by atoms with E-state index in [1.54, 1.807) is 0 Å². The summed E-state index contributed by atoms with van der Waals surface area (Å²) in [6.07, 6.45) is 2.30. The predicted molar refractivity (Wildman–Crippen MR) is 84.0 cm³/mol. The lowest BCUT2D eigenvalue weighted by Gasteiger charge is -2.30. The normalized spacial score (nSPS) is 19.8. The standard InChI is InChI=1S/C18H23NO2/c1-14-4-6-16(7-5-14)18-9-8-17(21-18)12-19-10-2-3-15(11-19)13-20/h4-9,15,20H,2-3,10-13H2,1H3. The molecular weight excluding hydrogens is 262 g/mol. The molecule has 2 aromatic rings. The van der Waals surface area contributed by atoms with Gasteiger partial charge in [0.25, 0.3) is 0 Å². The third-order valence-electron chi connectivity index (χ3n) is 4.24. The number of aliphatic hydroxyl groups is 1. The van der Waals surface area contributed by atoms with E-state index in [2.05, 4.69) is 42.2 Å². The van der Waals surface area contributed by atoms with Crippen LogP contribution in [0.2, 0.25) is 0 Å². The molecule has 3 nitrogen and oxygen atoms in total. The lowest BCUT2D eigenvalue weighted by Crippen LogP contribution is -2.36. The lowest BCUT2D eigenvalue weighted by molar-refractivity contribution is 0.110. The zero-order valence-electron chi connectivity index (χ0n) is 12.6. The molecule has 1 aliphatic heterocycles. The molecule has 1 atom stereocenters. The van der Waals surface area contributed by atoms with Gasteiger partial charge in [0.2, 0.25) is 0 Å². The maximum absolute atomic E-state index is 9.30. The van der Waals surface area contributed by atoms with Crippen molar-refractivity contribution >= 4 is 0 Å². The zero-order valence-corrected chi connectivity index (χ0v) is 12.6. The van der Waals surface area contributed by atoms with Gasteiger partial charge in [-0.2, -0.15) is 0 Å². The number of piperidine rings is 1. The Morgan fingerprint density at radius 3 is 2.76 bits per heavy atom. The van der Waals surface area contributed by atoms with Crippen molar-refractivity contribution in [3.63, 3.8) is 0 Å². The van der Waals surface area contributed by atoms with E-state index in [-0.39, 0.29) is 0 Å². The highest BCUT2D eigenvalue weighted by Crippen LogP contribution is 2.24.